The molecule has 1 aromatic carbocycles. The lowest BCUT2D eigenvalue weighted by molar-refractivity contribution is 0.0384. The van der Waals surface area contributed by atoms with Gasteiger partial charge in [0.15, 0.2) is 0 Å². The van der Waals surface area contributed by atoms with Crippen molar-refractivity contribution in [3.63, 3.8) is 0 Å². The van der Waals surface area contributed by atoms with E-state index in [1.165, 1.54) is 11.1 Å². The summed E-state index contributed by atoms with van der Waals surface area (Å²) in [5.74, 6) is 0. The minimum atomic E-state index is -1.04. The Kier molecular flexibility index (Phi) is 3.54. The van der Waals surface area contributed by atoms with Crippen molar-refractivity contribution in [2.45, 2.75) is 11.3 Å². The predicted octanol–water partition coefficient (Wildman–Crippen LogP) is 1.34. The fourth-order valence-electron chi connectivity index (χ4n) is 2.26. The van der Waals surface area contributed by atoms with Crippen LogP contribution in [0.5, 0.6) is 0 Å². The number of hydrogen-bond donors (Lipinski definition) is 0. The fraction of sp³-hybridized carbons (Fsp3) is 0.462. The number of rotatable bonds is 3. The second kappa shape index (κ2) is 5.30. The molecule has 0 amide bonds. The Hall–Kier alpha value is -1.04. The van der Waals surface area contributed by atoms with Crippen LogP contribution in [0.2, 0.25) is 0 Å². The topological polar surface area (TPSA) is 41.9 Å². The SMILES string of the molecule is O=S1C=Nc2ccc(CCN3CCOCC3)cc21. The van der Waals surface area contributed by atoms with Crippen molar-refractivity contribution >= 4 is 22.0 Å². The minimum Gasteiger partial charge on any atom is -0.379 e. The van der Waals surface area contributed by atoms with Crippen LogP contribution >= 0.6 is 0 Å². The Morgan fingerprint density at radius 3 is 3.00 bits per heavy atom. The number of benzene rings is 1. The maximum Gasteiger partial charge on any atom is 0.0984 e. The van der Waals surface area contributed by atoms with E-state index < -0.39 is 10.8 Å². The standard InChI is InChI=1S/C13H16N2O2S/c16-18-10-14-12-2-1-11(9-13(12)18)3-4-15-5-7-17-8-6-15/h1-2,9-10H,3-8H2. The summed E-state index contributed by atoms with van der Waals surface area (Å²) in [6.45, 7) is 4.74. The zero-order valence-electron chi connectivity index (χ0n) is 10.2. The molecule has 5 heteroatoms. The van der Waals surface area contributed by atoms with Gasteiger partial charge in [-0.15, -0.1) is 0 Å². The summed E-state index contributed by atoms with van der Waals surface area (Å²) in [5, 5.41) is 0. The third-order valence-corrected chi connectivity index (χ3v) is 4.41. The highest BCUT2D eigenvalue weighted by atomic mass is 32.2. The van der Waals surface area contributed by atoms with Crippen molar-refractivity contribution in [1.82, 2.24) is 4.90 Å². The van der Waals surface area contributed by atoms with Gasteiger partial charge in [0.1, 0.15) is 0 Å². The predicted molar refractivity (Wildman–Crippen MR) is 72.0 cm³/mol. The van der Waals surface area contributed by atoms with Crippen LogP contribution in [0, 0.1) is 0 Å². The average molecular weight is 264 g/mol. The van der Waals surface area contributed by atoms with Crippen LogP contribution in [0.15, 0.2) is 28.1 Å². The molecule has 1 atom stereocenters. The van der Waals surface area contributed by atoms with Gasteiger partial charge in [0.2, 0.25) is 0 Å². The van der Waals surface area contributed by atoms with E-state index in [0.29, 0.717) is 0 Å². The van der Waals surface area contributed by atoms with Crippen LogP contribution in [0.1, 0.15) is 5.56 Å². The van der Waals surface area contributed by atoms with Gasteiger partial charge in [-0.05, 0) is 24.1 Å². The third kappa shape index (κ3) is 2.53. The number of nitrogens with zero attached hydrogens (tertiary/aromatic N) is 2. The van der Waals surface area contributed by atoms with E-state index in [1.54, 1.807) is 0 Å². The lowest BCUT2D eigenvalue weighted by atomic mass is 10.1. The molecule has 3 rings (SSSR count). The average Bonchev–Trinajstić information content (AvgIpc) is 2.79. The smallest absolute Gasteiger partial charge is 0.0984 e. The molecule has 96 valence electrons. The zero-order valence-corrected chi connectivity index (χ0v) is 11.0. The first kappa shape index (κ1) is 12.0. The summed E-state index contributed by atoms with van der Waals surface area (Å²) in [6.07, 6.45) is 0.991. The molecule has 2 heterocycles. The van der Waals surface area contributed by atoms with Gasteiger partial charge in [-0.25, -0.2) is 9.20 Å². The molecular formula is C13H16N2O2S. The van der Waals surface area contributed by atoms with E-state index >= 15 is 0 Å². The van der Waals surface area contributed by atoms with Gasteiger partial charge >= 0.3 is 0 Å². The van der Waals surface area contributed by atoms with Gasteiger partial charge in [-0.1, -0.05) is 6.07 Å². The molecule has 2 aliphatic rings. The highest BCUT2D eigenvalue weighted by Gasteiger charge is 2.15. The Morgan fingerprint density at radius 2 is 2.17 bits per heavy atom. The summed E-state index contributed by atoms with van der Waals surface area (Å²) in [7, 11) is -1.04. The van der Waals surface area contributed by atoms with Gasteiger partial charge < -0.3 is 4.74 Å². The first-order valence-corrected chi connectivity index (χ1v) is 7.42. The fourth-order valence-corrected chi connectivity index (χ4v) is 3.17. The van der Waals surface area contributed by atoms with Crippen LogP contribution < -0.4 is 0 Å². The van der Waals surface area contributed by atoms with Crippen molar-refractivity contribution in [2.24, 2.45) is 4.99 Å². The molecule has 2 aliphatic heterocycles. The Morgan fingerprint density at radius 1 is 1.33 bits per heavy atom. The summed E-state index contributed by atoms with van der Waals surface area (Å²) in [4.78, 5) is 7.38. The van der Waals surface area contributed by atoms with E-state index in [0.717, 1.165) is 49.9 Å². The molecule has 0 aromatic heterocycles. The third-order valence-electron chi connectivity index (χ3n) is 3.35. The summed E-state index contributed by atoms with van der Waals surface area (Å²) in [6, 6.07) is 6.07. The number of aliphatic imine (C=N–C) groups is 1. The van der Waals surface area contributed by atoms with Crippen molar-refractivity contribution in [1.29, 1.82) is 0 Å². The molecule has 1 saturated heterocycles. The number of ether oxygens (including phenoxy) is 1. The monoisotopic (exact) mass is 264 g/mol. The van der Waals surface area contributed by atoms with Gasteiger partial charge in [0, 0.05) is 19.6 Å². The number of fused-ring (bicyclic) bond motifs is 1. The van der Waals surface area contributed by atoms with Crippen LogP contribution in [0.25, 0.3) is 0 Å². The van der Waals surface area contributed by atoms with Crippen molar-refractivity contribution < 1.29 is 8.95 Å². The first-order valence-electron chi connectivity index (χ1n) is 6.21. The van der Waals surface area contributed by atoms with Crippen LogP contribution in [-0.2, 0) is 22.0 Å². The first-order chi connectivity index (χ1) is 8.83. The van der Waals surface area contributed by atoms with Crippen molar-refractivity contribution in [3.8, 4) is 0 Å². The molecule has 1 aromatic rings. The molecule has 1 fully saturated rings. The van der Waals surface area contributed by atoms with Crippen molar-refractivity contribution in [3.05, 3.63) is 23.8 Å². The van der Waals surface area contributed by atoms with Gasteiger partial charge in [-0.3, -0.25) is 4.90 Å². The van der Waals surface area contributed by atoms with E-state index in [1.807, 2.05) is 12.1 Å². The van der Waals surface area contributed by atoms with E-state index in [4.69, 9.17) is 4.74 Å². The Bertz CT molecular complexity index is 496. The van der Waals surface area contributed by atoms with Gasteiger partial charge in [-0.2, -0.15) is 0 Å². The minimum absolute atomic E-state index is 0.835. The normalized spacial score (nSPS) is 23.2. The molecule has 0 N–H and O–H groups in total. The number of hydrogen-bond acceptors (Lipinski definition) is 4. The zero-order chi connectivity index (χ0) is 12.4. The van der Waals surface area contributed by atoms with Gasteiger partial charge in [0.25, 0.3) is 0 Å². The molecule has 0 aliphatic carbocycles. The van der Waals surface area contributed by atoms with E-state index in [2.05, 4.69) is 16.0 Å². The second-order valence-corrected chi connectivity index (χ2v) is 5.78. The maximum atomic E-state index is 11.7. The van der Waals surface area contributed by atoms with Gasteiger partial charge in [0.05, 0.1) is 40.1 Å². The van der Waals surface area contributed by atoms with Crippen molar-refractivity contribution in [2.75, 3.05) is 32.8 Å². The van der Waals surface area contributed by atoms with Crippen LogP contribution in [-0.4, -0.2) is 47.5 Å². The highest BCUT2D eigenvalue weighted by molar-refractivity contribution is 7.99. The summed E-state index contributed by atoms with van der Waals surface area (Å²) in [5.41, 5.74) is 3.60. The molecule has 0 bridgehead atoms. The molecule has 18 heavy (non-hydrogen) atoms. The molecule has 0 saturated carbocycles. The lowest BCUT2D eigenvalue weighted by Gasteiger charge is -2.26. The lowest BCUT2D eigenvalue weighted by Crippen LogP contribution is -2.37. The quantitative estimate of drug-likeness (QED) is 0.827. The summed E-state index contributed by atoms with van der Waals surface area (Å²) >= 11 is 0. The molecule has 1 unspecified atom stereocenters. The number of morpholine rings is 1. The van der Waals surface area contributed by atoms with E-state index in [-0.39, 0.29) is 0 Å². The molecule has 0 radical (unpaired) electrons. The summed E-state index contributed by atoms with van der Waals surface area (Å²) < 4.78 is 17.0. The highest BCUT2D eigenvalue weighted by Crippen LogP contribution is 2.28. The largest absolute Gasteiger partial charge is 0.379 e. The Balaban J connectivity index is 1.63. The molecular weight excluding hydrogens is 248 g/mol. The second-order valence-electron chi connectivity index (χ2n) is 4.54. The molecule has 0 spiro atoms. The van der Waals surface area contributed by atoms with Crippen LogP contribution in [0.3, 0.4) is 0 Å². The Labute approximate surface area is 109 Å². The van der Waals surface area contributed by atoms with Crippen LogP contribution in [0.4, 0.5) is 5.69 Å². The maximum absolute atomic E-state index is 11.7. The molecule has 4 nitrogen and oxygen atoms in total. The van der Waals surface area contributed by atoms with E-state index in [9.17, 15) is 4.21 Å².